The molecule has 0 radical (unpaired) electrons. The molecule has 2 aromatic rings. The number of carbonyl (C=O) groups excluding carboxylic acids is 1. The van der Waals surface area contributed by atoms with Crippen molar-refractivity contribution in [1.29, 1.82) is 0 Å². The molecule has 1 aromatic heterocycles. The molecule has 2 rings (SSSR count). The molecule has 0 spiro atoms. The van der Waals surface area contributed by atoms with Gasteiger partial charge in [0.1, 0.15) is 5.69 Å². The van der Waals surface area contributed by atoms with Gasteiger partial charge in [-0.2, -0.15) is 5.10 Å². The summed E-state index contributed by atoms with van der Waals surface area (Å²) in [6.45, 7) is 3.56. The van der Waals surface area contributed by atoms with Gasteiger partial charge < -0.3 is 10.4 Å². The van der Waals surface area contributed by atoms with Crippen LogP contribution in [0, 0.1) is 0 Å². The van der Waals surface area contributed by atoms with Crippen LogP contribution >= 0.6 is 0 Å². The molecule has 2 unspecified atom stereocenters. The van der Waals surface area contributed by atoms with E-state index in [9.17, 15) is 9.90 Å². The van der Waals surface area contributed by atoms with Gasteiger partial charge in [0, 0.05) is 11.6 Å². The van der Waals surface area contributed by atoms with E-state index >= 15 is 0 Å². The number of nitrogens with one attached hydrogen (secondary N) is 2. The fourth-order valence-corrected chi connectivity index (χ4v) is 2.07. The highest BCUT2D eigenvalue weighted by Gasteiger charge is 2.14. The van der Waals surface area contributed by atoms with Crippen molar-refractivity contribution in [3.63, 3.8) is 0 Å². The predicted molar refractivity (Wildman–Crippen MR) is 77.2 cm³/mol. The van der Waals surface area contributed by atoms with Crippen LogP contribution in [0.5, 0.6) is 0 Å². The third-order valence-electron chi connectivity index (χ3n) is 2.96. The van der Waals surface area contributed by atoms with Gasteiger partial charge in [-0.25, -0.2) is 0 Å². The summed E-state index contributed by atoms with van der Waals surface area (Å²) in [5.74, 6) is -0.215. The Balaban J connectivity index is 2.04. The second kappa shape index (κ2) is 6.34. The molecule has 3 N–H and O–H groups in total. The third kappa shape index (κ3) is 3.68. The fraction of sp³-hybridized carbons (Fsp3) is 0.333. The number of rotatable bonds is 5. The monoisotopic (exact) mass is 273 g/mol. The summed E-state index contributed by atoms with van der Waals surface area (Å²) in [6, 6.07) is 11.3. The Bertz CT molecular complexity index is 564. The Morgan fingerprint density at radius 1 is 1.35 bits per heavy atom. The Morgan fingerprint density at radius 3 is 2.70 bits per heavy atom. The Kier molecular flexibility index (Phi) is 4.53. The number of aromatic amines is 1. The smallest absolute Gasteiger partial charge is 0.269 e. The van der Waals surface area contributed by atoms with Crippen LogP contribution in [0.3, 0.4) is 0 Å². The molecule has 0 saturated carbocycles. The van der Waals surface area contributed by atoms with Gasteiger partial charge in [0.25, 0.3) is 5.91 Å². The van der Waals surface area contributed by atoms with Gasteiger partial charge in [0.2, 0.25) is 0 Å². The normalized spacial score (nSPS) is 13.8. The zero-order chi connectivity index (χ0) is 14.5. The zero-order valence-electron chi connectivity index (χ0n) is 11.6. The summed E-state index contributed by atoms with van der Waals surface area (Å²) in [7, 11) is 0. The third-order valence-corrected chi connectivity index (χ3v) is 2.96. The van der Waals surface area contributed by atoms with E-state index in [0.717, 1.165) is 11.3 Å². The van der Waals surface area contributed by atoms with Crippen molar-refractivity contribution in [2.24, 2.45) is 0 Å². The van der Waals surface area contributed by atoms with E-state index in [4.69, 9.17) is 0 Å². The van der Waals surface area contributed by atoms with E-state index < -0.39 is 6.10 Å². The van der Waals surface area contributed by atoms with Crippen molar-refractivity contribution in [2.45, 2.75) is 32.4 Å². The molecule has 0 saturated heterocycles. The molecule has 0 aliphatic heterocycles. The second-order valence-electron chi connectivity index (χ2n) is 4.99. The van der Waals surface area contributed by atoms with Gasteiger partial charge in [-0.05, 0) is 26.3 Å². The molecule has 0 aliphatic carbocycles. The highest BCUT2D eigenvalue weighted by Crippen LogP contribution is 2.16. The predicted octanol–water partition coefficient (Wildman–Crippen LogP) is 1.97. The number of nitrogens with zero attached hydrogens (tertiary/aromatic N) is 1. The molecule has 20 heavy (non-hydrogen) atoms. The molecule has 5 nitrogen and oxygen atoms in total. The molecular weight excluding hydrogens is 254 g/mol. The summed E-state index contributed by atoms with van der Waals surface area (Å²) < 4.78 is 0. The standard InChI is InChI=1S/C15H19N3O2/c1-10(8-11(2)19)16-15(20)14-9-13(17-18-14)12-6-4-3-5-7-12/h3-7,9-11,19H,8H2,1-2H3,(H,16,20)(H,17,18). The van der Waals surface area contributed by atoms with E-state index in [1.165, 1.54) is 0 Å². The number of benzene rings is 1. The molecule has 5 heteroatoms. The SMILES string of the molecule is CC(O)CC(C)NC(=O)c1cc(-c2ccccc2)n[nH]1. The second-order valence-corrected chi connectivity index (χ2v) is 4.99. The largest absolute Gasteiger partial charge is 0.393 e. The van der Waals surface area contributed by atoms with Crippen LogP contribution in [0.1, 0.15) is 30.8 Å². The summed E-state index contributed by atoms with van der Waals surface area (Å²) in [6.07, 6.45) is 0.0813. The van der Waals surface area contributed by atoms with E-state index in [2.05, 4.69) is 15.5 Å². The lowest BCUT2D eigenvalue weighted by Crippen LogP contribution is -2.34. The van der Waals surface area contributed by atoms with Crippen molar-refractivity contribution >= 4 is 5.91 Å². The van der Waals surface area contributed by atoms with Crippen LogP contribution < -0.4 is 5.32 Å². The lowest BCUT2D eigenvalue weighted by Gasteiger charge is -2.14. The highest BCUT2D eigenvalue weighted by molar-refractivity contribution is 5.93. The maximum Gasteiger partial charge on any atom is 0.269 e. The molecule has 0 bridgehead atoms. The number of hydrogen-bond donors (Lipinski definition) is 3. The molecule has 106 valence electrons. The summed E-state index contributed by atoms with van der Waals surface area (Å²) >= 11 is 0. The molecular formula is C15H19N3O2. The molecule has 2 atom stereocenters. The average molecular weight is 273 g/mol. The molecule has 1 heterocycles. The first-order chi connectivity index (χ1) is 9.56. The van der Waals surface area contributed by atoms with Gasteiger partial charge in [0.15, 0.2) is 0 Å². The minimum atomic E-state index is -0.438. The summed E-state index contributed by atoms with van der Waals surface area (Å²) in [4.78, 5) is 12.0. The van der Waals surface area contributed by atoms with Crippen LogP contribution in [-0.2, 0) is 0 Å². The summed E-state index contributed by atoms with van der Waals surface area (Å²) in [5, 5.41) is 19.0. The van der Waals surface area contributed by atoms with E-state index in [-0.39, 0.29) is 11.9 Å². The van der Waals surface area contributed by atoms with Crippen LogP contribution in [0.25, 0.3) is 11.3 Å². The Labute approximate surface area is 118 Å². The Morgan fingerprint density at radius 2 is 2.05 bits per heavy atom. The minimum Gasteiger partial charge on any atom is -0.393 e. The van der Waals surface area contributed by atoms with Crippen LogP contribution in [0.4, 0.5) is 0 Å². The number of H-pyrrole nitrogens is 1. The maximum absolute atomic E-state index is 12.0. The first-order valence-corrected chi connectivity index (χ1v) is 6.66. The van der Waals surface area contributed by atoms with Crippen molar-refractivity contribution < 1.29 is 9.90 Å². The van der Waals surface area contributed by atoms with Gasteiger partial charge in [0.05, 0.1) is 11.8 Å². The van der Waals surface area contributed by atoms with Gasteiger partial charge >= 0.3 is 0 Å². The van der Waals surface area contributed by atoms with Crippen LogP contribution in [-0.4, -0.2) is 33.4 Å². The van der Waals surface area contributed by atoms with Crippen molar-refractivity contribution in [3.8, 4) is 11.3 Å². The maximum atomic E-state index is 12.0. The number of carbonyl (C=O) groups is 1. The highest BCUT2D eigenvalue weighted by atomic mass is 16.3. The van der Waals surface area contributed by atoms with Crippen molar-refractivity contribution in [3.05, 3.63) is 42.1 Å². The van der Waals surface area contributed by atoms with E-state index in [0.29, 0.717) is 12.1 Å². The first-order valence-electron chi connectivity index (χ1n) is 6.66. The van der Waals surface area contributed by atoms with Crippen molar-refractivity contribution in [2.75, 3.05) is 0 Å². The molecule has 1 aromatic carbocycles. The number of hydrogen-bond acceptors (Lipinski definition) is 3. The molecule has 0 aliphatic rings. The Hall–Kier alpha value is -2.14. The fourth-order valence-electron chi connectivity index (χ4n) is 2.07. The summed E-state index contributed by atoms with van der Waals surface area (Å²) in [5.41, 5.74) is 2.11. The van der Waals surface area contributed by atoms with Crippen LogP contribution in [0.2, 0.25) is 0 Å². The number of aliphatic hydroxyl groups is 1. The topological polar surface area (TPSA) is 78.0 Å². The molecule has 0 fully saturated rings. The minimum absolute atomic E-state index is 0.0917. The van der Waals surface area contributed by atoms with Crippen LogP contribution in [0.15, 0.2) is 36.4 Å². The number of amides is 1. The van der Waals surface area contributed by atoms with Gasteiger partial charge in [-0.1, -0.05) is 30.3 Å². The van der Waals surface area contributed by atoms with Crippen molar-refractivity contribution in [1.82, 2.24) is 15.5 Å². The number of aliphatic hydroxyl groups excluding tert-OH is 1. The lowest BCUT2D eigenvalue weighted by atomic mass is 10.1. The average Bonchev–Trinajstić information content (AvgIpc) is 2.88. The van der Waals surface area contributed by atoms with Gasteiger partial charge in [-0.15, -0.1) is 0 Å². The number of aromatic nitrogens is 2. The molecule has 1 amide bonds. The lowest BCUT2D eigenvalue weighted by molar-refractivity contribution is 0.0918. The van der Waals surface area contributed by atoms with E-state index in [1.54, 1.807) is 13.0 Å². The van der Waals surface area contributed by atoms with Gasteiger partial charge in [-0.3, -0.25) is 9.89 Å². The first kappa shape index (κ1) is 14.3. The zero-order valence-corrected chi connectivity index (χ0v) is 11.6. The van der Waals surface area contributed by atoms with E-state index in [1.807, 2.05) is 37.3 Å². The quantitative estimate of drug-likeness (QED) is 0.779.